The molecule has 1 amide bonds. The first-order valence-corrected chi connectivity index (χ1v) is 5.81. The molecule has 1 aromatic carbocycles. The van der Waals surface area contributed by atoms with Crippen LogP contribution in [0.4, 0.5) is 5.69 Å². The minimum Gasteiger partial charge on any atom is -0.483 e. The van der Waals surface area contributed by atoms with Gasteiger partial charge in [0.2, 0.25) is 0 Å². The van der Waals surface area contributed by atoms with Crippen LogP contribution in [0.3, 0.4) is 0 Å². The molecule has 0 saturated carbocycles. The summed E-state index contributed by atoms with van der Waals surface area (Å²) >= 11 is 0. The molecule has 104 valence electrons. The lowest BCUT2D eigenvalue weighted by Gasteiger charge is -2.13. The van der Waals surface area contributed by atoms with Crippen molar-refractivity contribution < 1.29 is 19.6 Å². The number of aliphatic hydroxyl groups excluding tert-OH is 1. The molecule has 1 unspecified atom stereocenters. The van der Waals surface area contributed by atoms with Gasteiger partial charge in [-0.2, -0.15) is 0 Å². The van der Waals surface area contributed by atoms with E-state index in [1.165, 1.54) is 25.1 Å². The Morgan fingerprint density at radius 2 is 2.26 bits per heavy atom. The summed E-state index contributed by atoms with van der Waals surface area (Å²) in [4.78, 5) is 21.4. The second-order valence-corrected chi connectivity index (χ2v) is 3.90. The standard InChI is InChI=1S/C12H16N2O5/c1-3-13-12(16)7-19-11-5-4-9(14(17)18)6-10(11)8(2)15/h4-6,8,15H,3,7H2,1-2H3,(H,13,16). The van der Waals surface area contributed by atoms with Crippen LogP contribution < -0.4 is 10.1 Å². The van der Waals surface area contributed by atoms with Gasteiger partial charge in [0.15, 0.2) is 6.61 Å². The lowest BCUT2D eigenvalue weighted by atomic mass is 10.1. The van der Waals surface area contributed by atoms with Crippen LogP contribution in [0, 0.1) is 10.1 Å². The summed E-state index contributed by atoms with van der Waals surface area (Å²) in [5.74, 6) is -0.0377. The molecule has 0 saturated heterocycles. The molecule has 7 nitrogen and oxygen atoms in total. The minimum atomic E-state index is -0.927. The highest BCUT2D eigenvalue weighted by molar-refractivity contribution is 5.77. The SMILES string of the molecule is CCNC(=O)COc1ccc([N+](=O)[O-])cc1C(C)O. The molecule has 7 heteroatoms. The maximum Gasteiger partial charge on any atom is 0.270 e. The fourth-order valence-corrected chi connectivity index (χ4v) is 1.50. The Bertz CT molecular complexity index is 473. The number of carbonyl (C=O) groups is 1. The molecule has 0 aliphatic rings. The third-order valence-corrected chi connectivity index (χ3v) is 2.39. The Labute approximate surface area is 110 Å². The van der Waals surface area contributed by atoms with E-state index in [1.54, 1.807) is 6.92 Å². The van der Waals surface area contributed by atoms with Crippen LogP contribution in [0.1, 0.15) is 25.5 Å². The number of hydrogen-bond acceptors (Lipinski definition) is 5. The van der Waals surface area contributed by atoms with Gasteiger partial charge in [0.05, 0.1) is 11.0 Å². The number of nitro benzene ring substituents is 1. The van der Waals surface area contributed by atoms with Crippen LogP contribution in [0.25, 0.3) is 0 Å². The molecule has 0 aliphatic heterocycles. The molecule has 0 aromatic heterocycles. The molecular weight excluding hydrogens is 252 g/mol. The van der Waals surface area contributed by atoms with Crippen LogP contribution in [0.2, 0.25) is 0 Å². The Morgan fingerprint density at radius 3 is 2.79 bits per heavy atom. The van der Waals surface area contributed by atoms with Gasteiger partial charge in [-0.15, -0.1) is 0 Å². The van der Waals surface area contributed by atoms with Crippen molar-refractivity contribution in [3.05, 3.63) is 33.9 Å². The van der Waals surface area contributed by atoms with E-state index in [4.69, 9.17) is 4.74 Å². The molecule has 0 spiro atoms. The van der Waals surface area contributed by atoms with E-state index in [-0.39, 0.29) is 29.5 Å². The molecule has 0 fully saturated rings. The highest BCUT2D eigenvalue weighted by Crippen LogP contribution is 2.29. The normalized spacial score (nSPS) is 11.7. The van der Waals surface area contributed by atoms with Gasteiger partial charge in [0, 0.05) is 24.2 Å². The topological polar surface area (TPSA) is 102 Å². The fraction of sp³-hybridized carbons (Fsp3) is 0.417. The van der Waals surface area contributed by atoms with Crippen LogP contribution in [0.15, 0.2) is 18.2 Å². The van der Waals surface area contributed by atoms with Crippen LogP contribution in [0.5, 0.6) is 5.75 Å². The predicted molar refractivity (Wildman–Crippen MR) is 67.9 cm³/mol. The average Bonchev–Trinajstić information content (AvgIpc) is 2.36. The third-order valence-electron chi connectivity index (χ3n) is 2.39. The summed E-state index contributed by atoms with van der Waals surface area (Å²) in [5, 5.41) is 22.8. The maximum atomic E-state index is 11.3. The summed E-state index contributed by atoms with van der Waals surface area (Å²) in [6, 6.07) is 3.87. The molecule has 1 rings (SSSR count). The van der Waals surface area contributed by atoms with Crippen molar-refractivity contribution in [2.75, 3.05) is 13.2 Å². The van der Waals surface area contributed by atoms with Gasteiger partial charge in [-0.25, -0.2) is 0 Å². The maximum absolute atomic E-state index is 11.3. The molecule has 0 aliphatic carbocycles. The number of benzene rings is 1. The quantitative estimate of drug-likeness (QED) is 0.595. The number of hydrogen-bond donors (Lipinski definition) is 2. The number of carbonyl (C=O) groups excluding carboxylic acids is 1. The summed E-state index contributed by atoms with van der Waals surface area (Å²) in [7, 11) is 0. The molecule has 0 bridgehead atoms. The molecule has 2 N–H and O–H groups in total. The van der Waals surface area contributed by atoms with Gasteiger partial charge < -0.3 is 15.2 Å². The van der Waals surface area contributed by atoms with E-state index in [0.717, 1.165) is 0 Å². The zero-order valence-corrected chi connectivity index (χ0v) is 10.8. The van der Waals surface area contributed by atoms with Gasteiger partial charge in [0.25, 0.3) is 11.6 Å². The van der Waals surface area contributed by atoms with E-state index in [0.29, 0.717) is 6.54 Å². The smallest absolute Gasteiger partial charge is 0.270 e. The number of nitro groups is 1. The van der Waals surface area contributed by atoms with Crippen molar-refractivity contribution in [3.8, 4) is 5.75 Å². The van der Waals surface area contributed by atoms with E-state index < -0.39 is 11.0 Å². The van der Waals surface area contributed by atoms with Crippen molar-refractivity contribution in [3.63, 3.8) is 0 Å². The van der Waals surface area contributed by atoms with E-state index >= 15 is 0 Å². The summed E-state index contributed by atoms with van der Waals surface area (Å²) in [6.45, 7) is 3.54. The number of rotatable bonds is 6. The second kappa shape index (κ2) is 6.69. The second-order valence-electron chi connectivity index (χ2n) is 3.90. The van der Waals surface area contributed by atoms with Gasteiger partial charge in [-0.05, 0) is 19.9 Å². The first-order chi connectivity index (χ1) is 8.95. The number of likely N-dealkylation sites (N-methyl/N-ethyl adjacent to an activating group) is 1. The van der Waals surface area contributed by atoms with Gasteiger partial charge in [-0.1, -0.05) is 0 Å². The molecule has 1 aromatic rings. The number of nitrogens with zero attached hydrogens (tertiary/aromatic N) is 1. The lowest BCUT2D eigenvalue weighted by Crippen LogP contribution is -2.28. The number of amides is 1. The highest BCUT2D eigenvalue weighted by atomic mass is 16.6. The summed E-state index contributed by atoms with van der Waals surface area (Å²) in [6.07, 6.45) is -0.927. The Balaban J connectivity index is 2.88. The zero-order chi connectivity index (χ0) is 14.4. The Hall–Kier alpha value is -2.15. The number of ether oxygens (including phenoxy) is 1. The lowest BCUT2D eigenvalue weighted by molar-refractivity contribution is -0.385. The first kappa shape index (κ1) is 14.9. The number of non-ortho nitro benzene ring substituents is 1. The van der Waals surface area contributed by atoms with Crippen LogP contribution in [-0.4, -0.2) is 29.1 Å². The van der Waals surface area contributed by atoms with Crippen molar-refractivity contribution >= 4 is 11.6 Å². The van der Waals surface area contributed by atoms with Crippen LogP contribution >= 0.6 is 0 Å². The largest absolute Gasteiger partial charge is 0.483 e. The van der Waals surface area contributed by atoms with Crippen molar-refractivity contribution in [2.24, 2.45) is 0 Å². The molecule has 19 heavy (non-hydrogen) atoms. The van der Waals surface area contributed by atoms with Crippen molar-refractivity contribution in [1.29, 1.82) is 0 Å². The van der Waals surface area contributed by atoms with Crippen molar-refractivity contribution in [2.45, 2.75) is 20.0 Å². The number of nitrogens with one attached hydrogen (secondary N) is 1. The van der Waals surface area contributed by atoms with Gasteiger partial charge in [-0.3, -0.25) is 14.9 Å². The van der Waals surface area contributed by atoms with Crippen molar-refractivity contribution in [1.82, 2.24) is 5.32 Å². The monoisotopic (exact) mass is 268 g/mol. The predicted octanol–water partition coefficient (Wildman–Crippen LogP) is 1.16. The Morgan fingerprint density at radius 1 is 1.58 bits per heavy atom. The highest BCUT2D eigenvalue weighted by Gasteiger charge is 2.16. The Kier molecular flexibility index (Phi) is 5.25. The van der Waals surface area contributed by atoms with Crippen LogP contribution in [-0.2, 0) is 4.79 Å². The van der Waals surface area contributed by atoms with Gasteiger partial charge >= 0.3 is 0 Å². The average molecular weight is 268 g/mol. The molecule has 0 heterocycles. The van der Waals surface area contributed by atoms with E-state index in [1.807, 2.05) is 0 Å². The first-order valence-electron chi connectivity index (χ1n) is 5.81. The molecule has 1 atom stereocenters. The summed E-state index contributed by atoms with van der Waals surface area (Å²) < 4.78 is 5.25. The molecular formula is C12H16N2O5. The van der Waals surface area contributed by atoms with E-state index in [9.17, 15) is 20.0 Å². The fourth-order valence-electron chi connectivity index (χ4n) is 1.50. The van der Waals surface area contributed by atoms with E-state index in [2.05, 4.69) is 5.32 Å². The number of aliphatic hydroxyl groups is 1. The molecule has 0 radical (unpaired) electrons. The zero-order valence-electron chi connectivity index (χ0n) is 10.8. The third kappa shape index (κ3) is 4.22. The summed E-state index contributed by atoms with van der Waals surface area (Å²) in [5.41, 5.74) is 0.139. The minimum absolute atomic E-state index is 0.138. The van der Waals surface area contributed by atoms with Gasteiger partial charge in [0.1, 0.15) is 5.75 Å².